The number of likely N-dealkylation sites (tertiary alicyclic amines) is 1. The molecule has 1 aromatic carbocycles. The Kier molecular flexibility index (Phi) is 4.58. The van der Waals surface area contributed by atoms with Crippen molar-refractivity contribution in [3.05, 3.63) is 47.2 Å². The van der Waals surface area contributed by atoms with Gasteiger partial charge in [0, 0.05) is 12.6 Å². The Hall–Kier alpha value is -2.30. The SMILES string of the molecule is Cc1ccc([C@@H]2CCCN2C(=O)Nc2cc(C)nn2C(C)(C)C)cc1. The average molecular weight is 340 g/mol. The number of hydrogen-bond acceptors (Lipinski definition) is 2. The van der Waals surface area contributed by atoms with E-state index in [0.29, 0.717) is 0 Å². The van der Waals surface area contributed by atoms with Gasteiger partial charge in [0.2, 0.25) is 0 Å². The van der Waals surface area contributed by atoms with Crippen molar-refractivity contribution in [1.82, 2.24) is 14.7 Å². The van der Waals surface area contributed by atoms with Crippen molar-refractivity contribution >= 4 is 11.8 Å². The second-order valence-corrected chi connectivity index (χ2v) is 7.95. The third-order valence-corrected chi connectivity index (χ3v) is 4.68. The van der Waals surface area contributed by atoms with Crippen LogP contribution >= 0.6 is 0 Å². The summed E-state index contributed by atoms with van der Waals surface area (Å²) in [5, 5.41) is 7.61. The molecule has 25 heavy (non-hydrogen) atoms. The molecule has 1 aliphatic heterocycles. The summed E-state index contributed by atoms with van der Waals surface area (Å²) in [5.41, 5.74) is 3.17. The van der Waals surface area contributed by atoms with Crippen LogP contribution in [-0.2, 0) is 5.54 Å². The third-order valence-electron chi connectivity index (χ3n) is 4.68. The van der Waals surface area contributed by atoms with Crippen molar-refractivity contribution in [2.75, 3.05) is 11.9 Å². The first-order valence-corrected chi connectivity index (χ1v) is 8.97. The van der Waals surface area contributed by atoms with Gasteiger partial charge in [-0.05, 0) is 53.0 Å². The Morgan fingerprint density at radius 3 is 2.52 bits per heavy atom. The van der Waals surface area contributed by atoms with Crippen molar-refractivity contribution in [3.63, 3.8) is 0 Å². The lowest BCUT2D eigenvalue weighted by Crippen LogP contribution is -2.36. The van der Waals surface area contributed by atoms with E-state index >= 15 is 0 Å². The largest absolute Gasteiger partial charge is 0.323 e. The van der Waals surface area contributed by atoms with Gasteiger partial charge in [-0.15, -0.1) is 0 Å². The quantitative estimate of drug-likeness (QED) is 0.867. The molecule has 1 N–H and O–H groups in total. The molecule has 2 heterocycles. The molecule has 0 radical (unpaired) electrons. The Morgan fingerprint density at radius 1 is 1.20 bits per heavy atom. The number of carbonyl (C=O) groups excluding carboxylic acids is 1. The number of aryl methyl sites for hydroxylation is 2. The molecular formula is C20H28N4O. The predicted molar refractivity (Wildman–Crippen MR) is 101 cm³/mol. The summed E-state index contributed by atoms with van der Waals surface area (Å²) in [7, 11) is 0. The van der Waals surface area contributed by atoms with Crippen LogP contribution in [0.15, 0.2) is 30.3 Å². The van der Waals surface area contributed by atoms with Crippen LogP contribution in [0.25, 0.3) is 0 Å². The molecule has 0 bridgehead atoms. The van der Waals surface area contributed by atoms with Crippen molar-refractivity contribution < 1.29 is 4.79 Å². The summed E-state index contributed by atoms with van der Waals surface area (Å²) in [4.78, 5) is 14.9. The standard InChI is InChI=1S/C20H28N4O/c1-14-8-10-16(11-9-14)17-7-6-12-23(17)19(25)21-18-13-15(2)22-24(18)20(3,4)5/h8-11,13,17H,6-7,12H2,1-5H3,(H,21,25)/t17-/m0/s1. The third kappa shape index (κ3) is 3.70. The van der Waals surface area contributed by atoms with Gasteiger partial charge in [0.1, 0.15) is 5.82 Å². The second kappa shape index (κ2) is 6.54. The second-order valence-electron chi connectivity index (χ2n) is 7.95. The lowest BCUT2D eigenvalue weighted by molar-refractivity contribution is 0.206. The number of amides is 2. The highest BCUT2D eigenvalue weighted by molar-refractivity contribution is 5.89. The molecule has 1 fully saturated rings. The summed E-state index contributed by atoms with van der Waals surface area (Å²) in [5.74, 6) is 0.754. The van der Waals surface area contributed by atoms with Crippen LogP contribution in [0.5, 0.6) is 0 Å². The molecule has 3 rings (SSSR count). The fraction of sp³-hybridized carbons (Fsp3) is 0.500. The Morgan fingerprint density at radius 2 is 1.88 bits per heavy atom. The number of nitrogens with zero attached hydrogens (tertiary/aromatic N) is 3. The van der Waals surface area contributed by atoms with Gasteiger partial charge in [-0.3, -0.25) is 5.32 Å². The first-order valence-electron chi connectivity index (χ1n) is 8.97. The molecule has 134 valence electrons. The van der Waals surface area contributed by atoms with E-state index in [4.69, 9.17) is 0 Å². The zero-order valence-electron chi connectivity index (χ0n) is 15.8. The van der Waals surface area contributed by atoms with Crippen molar-refractivity contribution in [3.8, 4) is 0 Å². The van der Waals surface area contributed by atoms with E-state index in [1.165, 1.54) is 11.1 Å². The topological polar surface area (TPSA) is 50.2 Å². The maximum atomic E-state index is 12.9. The number of aromatic nitrogens is 2. The van der Waals surface area contributed by atoms with Gasteiger partial charge < -0.3 is 4.90 Å². The van der Waals surface area contributed by atoms with Gasteiger partial charge in [0.15, 0.2) is 0 Å². The maximum Gasteiger partial charge on any atom is 0.323 e. The molecule has 0 aliphatic carbocycles. The normalized spacial score (nSPS) is 17.8. The lowest BCUT2D eigenvalue weighted by atomic mass is 10.0. The lowest BCUT2D eigenvalue weighted by Gasteiger charge is -2.27. The summed E-state index contributed by atoms with van der Waals surface area (Å²) in [6.45, 7) is 11.1. The van der Waals surface area contributed by atoms with Gasteiger partial charge >= 0.3 is 6.03 Å². The highest BCUT2D eigenvalue weighted by atomic mass is 16.2. The number of nitrogens with one attached hydrogen (secondary N) is 1. The average Bonchev–Trinajstić information content (AvgIpc) is 3.14. The van der Waals surface area contributed by atoms with Gasteiger partial charge in [0.25, 0.3) is 0 Å². The van der Waals surface area contributed by atoms with E-state index in [1.54, 1.807) is 0 Å². The summed E-state index contributed by atoms with van der Waals surface area (Å²) in [6.07, 6.45) is 2.04. The minimum absolute atomic E-state index is 0.0477. The maximum absolute atomic E-state index is 12.9. The van der Waals surface area contributed by atoms with Crippen molar-refractivity contribution in [2.45, 2.75) is 59.0 Å². The van der Waals surface area contributed by atoms with Crippen molar-refractivity contribution in [1.29, 1.82) is 0 Å². The molecular weight excluding hydrogens is 312 g/mol. The molecule has 1 aromatic heterocycles. The van der Waals surface area contributed by atoms with E-state index in [9.17, 15) is 4.79 Å². The molecule has 5 heteroatoms. The van der Waals surface area contributed by atoms with E-state index in [0.717, 1.165) is 30.9 Å². The highest BCUT2D eigenvalue weighted by Gasteiger charge is 2.31. The first-order chi connectivity index (χ1) is 11.8. The van der Waals surface area contributed by atoms with Gasteiger partial charge in [-0.1, -0.05) is 29.8 Å². The van der Waals surface area contributed by atoms with Crippen LogP contribution in [0.1, 0.15) is 56.5 Å². The monoisotopic (exact) mass is 340 g/mol. The Bertz CT molecular complexity index is 755. The number of anilines is 1. The molecule has 1 aliphatic rings. The number of urea groups is 1. The van der Waals surface area contributed by atoms with Crippen LogP contribution in [0.3, 0.4) is 0 Å². The van der Waals surface area contributed by atoms with Crippen LogP contribution in [0.4, 0.5) is 10.6 Å². The van der Waals surface area contributed by atoms with Crippen molar-refractivity contribution in [2.24, 2.45) is 0 Å². The Balaban J connectivity index is 1.80. The van der Waals surface area contributed by atoms with E-state index in [-0.39, 0.29) is 17.6 Å². The number of hydrogen-bond donors (Lipinski definition) is 1. The van der Waals surface area contributed by atoms with Gasteiger partial charge in [-0.25, -0.2) is 9.48 Å². The highest BCUT2D eigenvalue weighted by Crippen LogP contribution is 2.33. The fourth-order valence-electron chi connectivity index (χ4n) is 3.43. The van der Waals surface area contributed by atoms with E-state index in [1.807, 2.05) is 22.6 Å². The van der Waals surface area contributed by atoms with Gasteiger partial charge in [0.05, 0.1) is 17.3 Å². The molecule has 0 unspecified atom stereocenters. The number of rotatable bonds is 2. The van der Waals surface area contributed by atoms with Crippen LogP contribution < -0.4 is 5.32 Å². The summed E-state index contributed by atoms with van der Waals surface area (Å²) >= 11 is 0. The van der Waals surface area contributed by atoms with E-state index < -0.39 is 0 Å². The molecule has 2 amide bonds. The number of carbonyl (C=O) groups is 1. The predicted octanol–water partition coefficient (Wildman–Crippen LogP) is 4.62. The molecule has 0 saturated carbocycles. The number of benzene rings is 1. The van der Waals surface area contributed by atoms with Gasteiger partial charge in [-0.2, -0.15) is 5.10 Å². The van der Waals surface area contributed by atoms with Crippen LogP contribution in [0.2, 0.25) is 0 Å². The fourth-order valence-corrected chi connectivity index (χ4v) is 3.43. The molecule has 2 aromatic rings. The zero-order valence-corrected chi connectivity index (χ0v) is 15.8. The Labute approximate surface area is 150 Å². The summed E-state index contributed by atoms with van der Waals surface area (Å²) in [6, 6.07) is 10.5. The minimum Gasteiger partial charge on any atom is -0.317 e. The summed E-state index contributed by atoms with van der Waals surface area (Å²) < 4.78 is 1.89. The van der Waals surface area contributed by atoms with Crippen LogP contribution in [0, 0.1) is 13.8 Å². The smallest absolute Gasteiger partial charge is 0.317 e. The first kappa shape index (κ1) is 17.5. The minimum atomic E-state index is -0.182. The molecule has 0 spiro atoms. The van der Waals surface area contributed by atoms with E-state index in [2.05, 4.69) is 62.4 Å². The van der Waals surface area contributed by atoms with Crippen LogP contribution in [-0.4, -0.2) is 27.3 Å². The zero-order chi connectivity index (χ0) is 18.2. The molecule has 1 saturated heterocycles. The molecule has 1 atom stereocenters. The molecule has 5 nitrogen and oxygen atoms in total.